The highest BCUT2D eigenvalue weighted by Gasteiger charge is 2.49. The van der Waals surface area contributed by atoms with Gasteiger partial charge in [-0.2, -0.15) is 5.26 Å². The van der Waals surface area contributed by atoms with Gasteiger partial charge in [-0.05, 0) is 92.6 Å². The maximum absolute atomic E-state index is 14.8. The Hall–Kier alpha value is -3.17. The first kappa shape index (κ1) is 27.0. The summed E-state index contributed by atoms with van der Waals surface area (Å²) in [6.45, 7) is 8.64. The number of hydrogen-bond donors (Lipinski definition) is 0. The van der Waals surface area contributed by atoms with Gasteiger partial charge in [0.2, 0.25) is 0 Å². The average molecular weight is 540 g/mol. The molecule has 6 rings (SSSR count). The number of aryl methyl sites for hydroxylation is 1. The quantitative estimate of drug-likeness (QED) is 0.314. The number of aromatic nitrogens is 2. The van der Waals surface area contributed by atoms with Gasteiger partial charge in [0.15, 0.2) is 0 Å². The molecule has 1 atom stereocenters. The Kier molecular flexibility index (Phi) is 7.94. The molecule has 3 heterocycles. The molecular formula is C34H42FN5. The lowest BCUT2D eigenvalue weighted by atomic mass is 9.59. The minimum atomic E-state index is -0.115. The maximum Gasteiger partial charge on any atom is 0.123 e. The molecule has 210 valence electrons. The minimum Gasteiger partial charge on any atom is -0.371 e. The highest BCUT2D eigenvalue weighted by Crippen LogP contribution is 2.51. The largest absolute Gasteiger partial charge is 0.371 e. The van der Waals surface area contributed by atoms with Crippen LogP contribution in [-0.4, -0.2) is 47.2 Å². The van der Waals surface area contributed by atoms with Crippen LogP contribution in [0.5, 0.6) is 0 Å². The van der Waals surface area contributed by atoms with Crippen LogP contribution in [0.3, 0.4) is 0 Å². The number of piperidine rings is 1. The fourth-order valence-electron chi connectivity index (χ4n) is 8.09. The molecule has 2 aromatic carbocycles. The number of likely N-dealkylation sites (tertiary alicyclic amines) is 1. The molecule has 0 spiro atoms. The van der Waals surface area contributed by atoms with Gasteiger partial charge in [-0.3, -0.25) is 0 Å². The predicted molar refractivity (Wildman–Crippen MR) is 158 cm³/mol. The molecule has 3 aromatic rings. The van der Waals surface area contributed by atoms with Crippen molar-refractivity contribution in [2.45, 2.75) is 63.8 Å². The van der Waals surface area contributed by atoms with E-state index in [2.05, 4.69) is 56.7 Å². The fraction of sp³-hybridized carbons (Fsp3) is 0.529. The van der Waals surface area contributed by atoms with Crippen molar-refractivity contribution in [3.8, 4) is 6.07 Å². The van der Waals surface area contributed by atoms with Gasteiger partial charge in [0.05, 0.1) is 11.6 Å². The van der Waals surface area contributed by atoms with Gasteiger partial charge in [0, 0.05) is 62.0 Å². The molecule has 40 heavy (non-hydrogen) atoms. The van der Waals surface area contributed by atoms with Gasteiger partial charge in [0.1, 0.15) is 11.6 Å². The number of nitrogens with zero attached hydrogens (tertiary/aromatic N) is 5. The molecule has 3 fully saturated rings. The Morgan fingerprint density at radius 3 is 2.40 bits per heavy atom. The molecule has 3 aliphatic rings. The minimum absolute atomic E-state index is 0.0713. The number of anilines is 1. The monoisotopic (exact) mass is 539 g/mol. The zero-order chi connectivity index (χ0) is 27.5. The third-order valence-electron chi connectivity index (χ3n) is 10.1. The van der Waals surface area contributed by atoms with Crippen LogP contribution in [0.2, 0.25) is 0 Å². The maximum atomic E-state index is 14.8. The number of nitriles is 1. The van der Waals surface area contributed by atoms with Gasteiger partial charge in [0.25, 0.3) is 0 Å². The van der Waals surface area contributed by atoms with Crippen molar-refractivity contribution in [2.24, 2.45) is 17.8 Å². The van der Waals surface area contributed by atoms with Crippen LogP contribution in [0.15, 0.2) is 60.9 Å². The second-order valence-electron chi connectivity index (χ2n) is 12.4. The molecule has 0 N–H and O–H groups in total. The van der Waals surface area contributed by atoms with Crippen LogP contribution < -0.4 is 4.90 Å². The lowest BCUT2D eigenvalue weighted by Crippen LogP contribution is -2.54. The third kappa shape index (κ3) is 5.29. The number of rotatable bonds is 9. The summed E-state index contributed by atoms with van der Waals surface area (Å²) in [5.74, 6) is 2.80. The van der Waals surface area contributed by atoms with E-state index in [9.17, 15) is 4.39 Å². The van der Waals surface area contributed by atoms with E-state index in [0.717, 1.165) is 69.9 Å². The summed E-state index contributed by atoms with van der Waals surface area (Å²) >= 11 is 0. The van der Waals surface area contributed by atoms with Gasteiger partial charge in [-0.15, -0.1) is 0 Å². The summed E-state index contributed by atoms with van der Waals surface area (Å²) in [6, 6.07) is 17.7. The van der Waals surface area contributed by atoms with Gasteiger partial charge in [-0.25, -0.2) is 9.37 Å². The van der Waals surface area contributed by atoms with Crippen molar-refractivity contribution < 1.29 is 4.39 Å². The van der Waals surface area contributed by atoms with Crippen LogP contribution >= 0.6 is 0 Å². The number of halogens is 1. The highest BCUT2D eigenvalue weighted by atomic mass is 19.1. The second-order valence-corrected chi connectivity index (χ2v) is 12.4. The van der Waals surface area contributed by atoms with Crippen LogP contribution in [0, 0.1) is 34.9 Å². The smallest absolute Gasteiger partial charge is 0.123 e. The van der Waals surface area contributed by atoms with Gasteiger partial charge >= 0.3 is 0 Å². The number of imidazole rings is 1. The fourth-order valence-corrected chi connectivity index (χ4v) is 8.09. The van der Waals surface area contributed by atoms with Crippen molar-refractivity contribution >= 4 is 5.69 Å². The summed E-state index contributed by atoms with van der Waals surface area (Å²) < 4.78 is 17.2. The van der Waals surface area contributed by atoms with Crippen molar-refractivity contribution in [1.82, 2.24) is 14.5 Å². The average Bonchev–Trinajstić information content (AvgIpc) is 3.66. The summed E-state index contributed by atoms with van der Waals surface area (Å²) in [5.41, 5.74) is 3.06. The van der Waals surface area contributed by atoms with Crippen LogP contribution in [0.1, 0.15) is 62.4 Å². The molecule has 1 aliphatic carbocycles. The topological polar surface area (TPSA) is 48.1 Å². The normalized spacial score (nSPS) is 20.8. The lowest BCUT2D eigenvalue weighted by molar-refractivity contribution is 0.0639. The molecule has 0 radical (unpaired) electrons. The Morgan fingerprint density at radius 2 is 1.73 bits per heavy atom. The molecule has 1 aromatic heterocycles. The van der Waals surface area contributed by atoms with E-state index < -0.39 is 0 Å². The summed E-state index contributed by atoms with van der Waals surface area (Å²) in [7, 11) is 0. The molecule has 6 heteroatoms. The van der Waals surface area contributed by atoms with E-state index in [-0.39, 0.29) is 11.2 Å². The van der Waals surface area contributed by atoms with Gasteiger partial charge in [-0.1, -0.05) is 31.9 Å². The van der Waals surface area contributed by atoms with E-state index in [4.69, 9.17) is 5.26 Å². The van der Waals surface area contributed by atoms with Crippen molar-refractivity contribution in [3.63, 3.8) is 0 Å². The van der Waals surface area contributed by atoms with Crippen LogP contribution in [0.4, 0.5) is 10.1 Å². The summed E-state index contributed by atoms with van der Waals surface area (Å²) in [4.78, 5) is 9.76. The van der Waals surface area contributed by atoms with E-state index in [1.54, 1.807) is 6.07 Å². The molecule has 1 saturated carbocycles. The van der Waals surface area contributed by atoms with Crippen molar-refractivity contribution in [1.29, 1.82) is 5.26 Å². The molecule has 2 aliphatic heterocycles. The summed E-state index contributed by atoms with van der Waals surface area (Å²) in [6.07, 6.45) is 12.4. The van der Waals surface area contributed by atoms with E-state index in [1.807, 2.05) is 30.5 Å². The first-order valence-electron chi connectivity index (χ1n) is 15.3. The van der Waals surface area contributed by atoms with E-state index >= 15 is 0 Å². The molecular weight excluding hydrogens is 497 g/mol. The van der Waals surface area contributed by atoms with Gasteiger partial charge < -0.3 is 14.4 Å². The SMILES string of the molecule is CCc1nccn1C[C@](c1cccc(F)c1)(C1CCCC1)C1CCN(CC2CN(c3ccc(C#N)cc3)C2)CC1. The molecule has 5 nitrogen and oxygen atoms in total. The predicted octanol–water partition coefficient (Wildman–Crippen LogP) is 6.43. The Balaban J connectivity index is 1.17. The standard InChI is InChI=1S/C34H42FN5/c1-2-33-37-16-19-39(33)25-34(28-6-3-4-7-28,30-8-5-9-31(35)20-30)29-14-17-38(18-15-29)22-27-23-40(24-27)32-12-10-26(21-36)11-13-32/h5,8-13,16,19-20,27-29H,2-4,6-7,14-15,17-18,22-25H2,1H3/t34-/m0/s1. The number of hydrogen-bond acceptors (Lipinski definition) is 4. The van der Waals surface area contributed by atoms with Crippen molar-refractivity contribution in [2.75, 3.05) is 37.6 Å². The molecule has 0 amide bonds. The first-order valence-corrected chi connectivity index (χ1v) is 15.3. The summed E-state index contributed by atoms with van der Waals surface area (Å²) in [5, 5.41) is 9.07. The zero-order valence-corrected chi connectivity index (χ0v) is 23.8. The first-order chi connectivity index (χ1) is 19.6. The third-order valence-corrected chi connectivity index (χ3v) is 10.1. The highest BCUT2D eigenvalue weighted by molar-refractivity contribution is 5.51. The molecule has 2 saturated heterocycles. The number of benzene rings is 2. The van der Waals surface area contributed by atoms with Crippen LogP contribution in [-0.2, 0) is 18.4 Å². The van der Waals surface area contributed by atoms with Crippen molar-refractivity contribution in [3.05, 3.63) is 83.7 Å². The van der Waals surface area contributed by atoms with Crippen LogP contribution in [0.25, 0.3) is 0 Å². The second kappa shape index (κ2) is 11.7. The zero-order valence-electron chi connectivity index (χ0n) is 23.8. The molecule has 0 unspecified atom stereocenters. The Labute approximate surface area is 238 Å². The molecule has 0 bridgehead atoms. The Bertz CT molecular complexity index is 1310. The van der Waals surface area contributed by atoms with E-state index in [0.29, 0.717) is 17.8 Å². The lowest BCUT2D eigenvalue weighted by Gasteiger charge is -2.50. The Morgan fingerprint density at radius 1 is 1.00 bits per heavy atom. The van der Waals surface area contributed by atoms with E-state index in [1.165, 1.54) is 36.9 Å².